The first kappa shape index (κ1) is 14.1. The molecule has 1 atom stereocenters. The summed E-state index contributed by atoms with van der Waals surface area (Å²) in [7, 11) is 0. The number of alkyl halides is 3. The quantitative estimate of drug-likeness (QED) is 0.808. The van der Waals surface area contributed by atoms with Crippen LogP contribution in [0.4, 0.5) is 13.2 Å². The molecule has 0 amide bonds. The molecule has 0 spiro atoms. The molecule has 0 saturated carbocycles. The summed E-state index contributed by atoms with van der Waals surface area (Å²) in [4.78, 5) is 0. The average molecular weight is 264 g/mol. The lowest BCUT2D eigenvalue weighted by molar-refractivity contribution is -0.137. The topological polar surface area (TPSA) is 26.0 Å². The molecule has 0 fully saturated rings. The van der Waals surface area contributed by atoms with E-state index in [1.807, 2.05) is 6.92 Å². The third-order valence-corrected chi connectivity index (χ3v) is 2.61. The Morgan fingerprint density at radius 1 is 1.47 bits per heavy atom. The van der Waals surface area contributed by atoms with Crippen LogP contribution >= 0.6 is 11.6 Å². The molecule has 94 valence electrons. The minimum absolute atomic E-state index is 0.327. The van der Waals surface area contributed by atoms with Crippen LogP contribution < -0.4 is 5.73 Å². The van der Waals surface area contributed by atoms with Crippen molar-refractivity contribution in [1.82, 2.24) is 0 Å². The largest absolute Gasteiger partial charge is 0.417 e. The van der Waals surface area contributed by atoms with Crippen molar-refractivity contribution < 1.29 is 13.2 Å². The van der Waals surface area contributed by atoms with E-state index in [9.17, 15) is 13.2 Å². The van der Waals surface area contributed by atoms with Crippen molar-refractivity contribution in [3.63, 3.8) is 0 Å². The number of rotatable bonds is 3. The maximum absolute atomic E-state index is 12.5. The van der Waals surface area contributed by atoms with Crippen LogP contribution in [0.25, 0.3) is 0 Å². The van der Waals surface area contributed by atoms with Crippen LogP contribution in [0.1, 0.15) is 30.5 Å². The van der Waals surface area contributed by atoms with Crippen molar-refractivity contribution in [1.29, 1.82) is 0 Å². The number of halogens is 4. The Bertz CT molecular complexity index is 426. The van der Waals surface area contributed by atoms with Crippen molar-refractivity contribution in [2.45, 2.75) is 25.6 Å². The molecule has 0 saturated heterocycles. The van der Waals surface area contributed by atoms with Crippen LogP contribution in [0.15, 0.2) is 30.4 Å². The summed E-state index contributed by atoms with van der Waals surface area (Å²) in [5.41, 5.74) is 6.43. The van der Waals surface area contributed by atoms with Gasteiger partial charge in [-0.3, -0.25) is 0 Å². The molecular weight excluding hydrogens is 251 g/mol. The van der Waals surface area contributed by atoms with E-state index in [2.05, 4.69) is 6.58 Å². The monoisotopic (exact) mass is 263 g/mol. The van der Waals surface area contributed by atoms with Gasteiger partial charge in [0.15, 0.2) is 0 Å². The second-order valence-corrected chi connectivity index (χ2v) is 4.41. The fourth-order valence-electron chi connectivity index (χ4n) is 1.49. The predicted molar refractivity (Wildman–Crippen MR) is 62.8 cm³/mol. The van der Waals surface area contributed by atoms with Gasteiger partial charge in [0, 0.05) is 6.04 Å². The van der Waals surface area contributed by atoms with E-state index in [1.165, 1.54) is 12.1 Å². The average Bonchev–Trinajstić information content (AvgIpc) is 2.14. The number of benzene rings is 1. The molecule has 1 aromatic carbocycles. The summed E-state index contributed by atoms with van der Waals surface area (Å²) in [6, 6.07) is 3.18. The number of hydrogen-bond acceptors (Lipinski definition) is 1. The van der Waals surface area contributed by atoms with Crippen LogP contribution in [0, 0.1) is 0 Å². The first-order valence-electron chi connectivity index (χ1n) is 4.98. The molecular formula is C12H13ClF3N. The third kappa shape index (κ3) is 3.75. The first-order chi connectivity index (χ1) is 7.71. The Morgan fingerprint density at radius 2 is 2.06 bits per heavy atom. The number of hydrogen-bond donors (Lipinski definition) is 1. The van der Waals surface area contributed by atoms with Gasteiger partial charge < -0.3 is 5.73 Å². The molecule has 0 bridgehead atoms. The highest BCUT2D eigenvalue weighted by Crippen LogP contribution is 2.36. The van der Waals surface area contributed by atoms with Gasteiger partial charge in [0.2, 0.25) is 0 Å². The zero-order chi connectivity index (χ0) is 13.2. The smallest absolute Gasteiger partial charge is 0.324 e. The van der Waals surface area contributed by atoms with E-state index < -0.39 is 11.7 Å². The number of nitrogens with two attached hydrogens (primary N) is 1. The van der Waals surface area contributed by atoms with Crippen molar-refractivity contribution >= 4 is 11.6 Å². The summed E-state index contributed by atoms with van der Waals surface area (Å²) >= 11 is 5.60. The van der Waals surface area contributed by atoms with Gasteiger partial charge in [0.05, 0.1) is 10.6 Å². The Hall–Kier alpha value is -1.00. The van der Waals surface area contributed by atoms with E-state index in [0.29, 0.717) is 12.0 Å². The molecule has 0 aromatic heterocycles. The predicted octanol–water partition coefficient (Wildman–Crippen LogP) is 4.32. The Balaban J connectivity index is 3.00. The van der Waals surface area contributed by atoms with Crippen LogP contribution in [0.3, 0.4) is 0 Å². The van der Waals surface area contributed by atoms with E-state index in [1.54, 1.807) is 0 Å². The molecule has 0 heterocycles. The van der Waals surface area contributed by atoms with Gasteiger partial charge in [0.1, 0.15) is 0 Å². The van der Waals surface area contributed by atoms with Gasteiger partial charge in [-0.25, -0.2) is 0 Å². The SMILES string of the molecule is C=C(C)C[C@@H](N)c1ccc(C(F)(F)F)c(Cl)c1. The standard InChI is InChI=1S/C12H13ClF3N/c1-7(2)5-11(17)8-3-4-9(10(13)6-8)12(14,15)16/h3-4,6,11H,1,5,17H2,2H3/t11-/m1/s1. The van der Waals surface area contributed by atoms with Crippen LogP contribution in [0.5, 0.6) is 0 Å². The fourth-order valence-corrected chi connectivity index (χ4v) is 1.78. The fraction of sp³-hybridized carbons (Fsp3) is 0.333. The van der Waals surface area contributed by atoms with Crippen molar-refractivity contribution in [3.05, 3.63) is 46.5 Å². The van der Waals surface area contributed by atoms with Gasteiger partial charge in [0.25, 0.3) is 0 Å². The Kier molecular flexibility index (Phi) is 4.22. The Morgan fingerprint density at radius 3 is 2.47 bits per heavy atom. The summed E-state index contributed by atoms with van der Waals surface area (Å²) in [6.45, 7) is 5.52. The second-order valence-electron chi connectivity index (χ2n) is 4.00. The molecule has 0 unspecified atom stereocenters. The van der Waals surface area contributed by atoms with E-state index in [4.69, 9.17) is 17.3 Å². The highest BCUT2D eigenvalue weighted by Gasteiger charge is 2.33. The lowest BCUT2D eigenvalue weighted by atomic mass is 10.00. The minimum atomic E-state index is -4.44. The molecule has 0 radical (unpaired) electrons. The van der Waals surface area contributed by atoms with Gasteiger partial charge >= 0.3 is 6.18 Å². The Labute approximate surface area is 103 Å². The van der Waals surface area contributed by atoms with Gasteiger partial charge in [-0.05, 0) is 31.0 Å². The van der Waals surface area contributed by atoms with E-state index in [0.717, 1.165) is 11.6 Å². The molecule has 0 aliphatic heterocycles. The molecule has 2 N–H and O–H groups in total. The summed E-state index contributed by atoms with van der Waals surface area (Å²) in [6.07, 6.45) is -3.92. The highest BCUT2D eigenvalue weighted by molar-refractivity contribution is 6.31. The zero-order valence-corrected chi connectivity index (χ0v) is 10.1. The minimum Gasteiger partial charge on any atom is -0.324 e. The maximum Gasteiger partial charge on any atom is 0.417 e. The third-order valence-electron chi connectivity index (χ3n) is 2.30. The van der Waals surface area contributed by atoms with E-state index >= 15 is 0 Å². The molecule has 1 rings (SSSR count). The van der Waals surface area contributed by atoms with Crippen LogP contribution in [-0.4, -0.2) is 0 Å². The normalized spacial score (nSPS) is 13.5. The molecule has 1 nitrogen and oxygen atoms in total. The van der Waals surface area contributed by atoms with Gasteiger partial charge in [-0.1, -0.05) is 23.2 Å². The summed E-state index contributed by atoms with van der Waals surface area (Å²) in [5, 5.41) is -0.327. The van der Waals surface area contributed by atoms with Crippen LogP contribution in [-0.2, 0) is 6.18 Å². The lowest BCUT2D eigenvalue weighted by Gasteiger charge is -2.15. The molecule has 0 aliphatic carbocycles. The van der Waals surface area contributed by atoms with Crippen molar-refractivity contribution in [2.75, 3.05) is 0 Å². The van der Waals surface area contributed by atoms with Crippen LogP contribution in [0.2, 0.25) is 5.02 Å². The van der Waals surface area contributed by atoms with Gasteiger partial charge in [-0.2, -0.15) is 13.2 Å². The molecule has 5 heteroatoms. The second kappa shape index (κ2) is 5.10. The molecule has 1 aromatic rings. The van der Waals surface area contributed by atoms with Gasteiger partial charge in [-0.15, -0.1) is 6.58 Å². The highest BCUT2D eigenvalue weighted by atomic mass is 35.5. The molecule has 0 aliphatic rings. The van der Waals surface area contributed by atoms with E-state index in [-0.39, 0.29) is 11.1 Å². The van der Waals surface area contributed by atoms with Crippen molar-refractivity contribution in [2.24, 2.45) is 5.73 Å². The zero-order valence-electron chi connectivity index (χ0n) is 9.31. The summed E-state index contributed by atoms with van der Waals surface area (Å²) in [5.74, 6) is 0. The maximum atomic E-state index is 12.5. The summed E-state index contributed by atoms with van der Waals surface area (Å²) < 4.78 is 37.4. The first-order valence-corrected chi connectivity index (χ1v) is 5.36. The van der Waals surface area contributed by atoms with Crippen molar-refractivity contribution in [3.8, 4) is 0 Å². The molecule has 17 heavy (non-hydrogen) atoms. The lowest BCUT2D eigenvalue weighted by Crippen LogP contribution is -2.12.